The number of aryl methyl sites for hydroxylation is 3. The number of hydrogen-bond acceptors (Lipinski definition) is 3. The second-order valence-electron chi connectivity index (χ2n) is 5.62. The Hall–Kier alpha value is -1.72. The fourth-order valence-electron chi connectivity index (χ4n) is 2.67. The summed E-state index contributed by atoms with van der Waals surface area (Å²) < 4.78 is 15.3. The Kier molecular flexibility index (Phi) is 4.75. The van der Waals surface area contributed by atoms with E-state index in [4.69, 9.17) is 5.84 Å². The quantitative estimate of drug-likeness (QED) is 0.655. The first-order valence-electron chi connectivity index (χ1n) is 7.12. The first kappa shape index (κ1) is 15.7. The van der Waals surface area contributed by atoms with Gasteiger partial charge in [-0.25, -0.2) is 4.39 Å². The maximum Gasteiger partial charge on any atom is 0.123 e. The number of nitrogens with two attached hydrogens (primary N) is 1. The van der Waals surface area contributed by atoms with Gasteiger partial charge in [0.2, 0.25) is 0 Å². The summed E-state index contributed by atoms with van der Waals surface area (Å²) in [4.78, 5) is 0. The summed E-state index contributed by atoms with van der Waals surface area (Å²) >= 11 is 0. The lowest BCUT2D eigenvalue weighted by atomic mass is 9.96. The summed E-state index contributed by atoms with van der Waals surface area (Å²) in [5, 5.41) is 4.42. The van der Waals surface area contributed by atoms with Crippen LogP contribution < -0.4 is 11.3 Å². The topological polar surface area (TPSA) is 55.9 Å². The van der Waals surface area contributed by atoms with Gasteiger partial charge >= 0.3 is 0 Å². The van der Waals surface area contributed by atoms with Crippen LogP contribution in [0.2, 0.25) is 0 Å². The van der Waals surface area contributed by atoms with E-state index < -0.39 is 0 Å². The molecule has 0 bridgehead atoms. The molecule has 0 radical (unpaired) electrons. The molecule has 21 heavy (non-hydrogen) atoms. The van der Waals surface area contributed by atoms with Crippen LogP contribution in [0.15, 0.2) is 18.2 Å². The summed E-state index contributed by atoms with van der Waals surface area (Å²) in [7, 11) is 1.94. The molecule has 2 rings (SSSR count). The van der Waals surface area contributed by atoms with E-state index >= 15 is 0 Å². The molecule has 0 fully saturated rings. The van der Waals surface area contributed by atoms with Gasteiger partial charge in [0, 0.05) is 18.8 Å². The van der Waals surface area contributed by atoms with Crippen LogP contribution in [-0.2, 0) is 19.9 Å². The first-order chi connectivity index (χ1) is 9.92. The minimum Gasteiger partial charge on any atom is -0.272 e. The van der Waals surface area contributed by atoms with Gasteiger partial charge in [-0.1, -0.05) is 6.07 Å². The fraction of sp³-hybridized carbons (Fsp3) is 0.438. The number of hydrazine groups is 1. The van der Waals surface area contributed by atoms with E-state index in [9.17, 15) is 4.39 Å². The Morgan fingerprint density at radius 3 is 2.57 bits per heavy atom. The molecule has 1 aromatic carbocycles. The summed E-state index contributed by atoms with van der Waals surface area (Å²) in [6.07, 6.45) is 1.46. The van der Waals surface area contributed by atoms with E-state index in [1.54, 1.807) is 12.1 Å². The standard InChI is InChI=1S/C16H23FN4/c1-10-5-6-14(17)7-13(10)8-15(19-18)9-16-11(2)20-21(4)12(16)3/h5-7,15,19H,8-9,18H2,1-4H3. The number of aromatic nitrogens is 2. The van der Waals surface area contributed by atoms with Crippen molar-refractivity contribution in [2.24, 2.45) is 12.9 Å². The molecule has 1 aromatic heterocycles. The van der Waals surface area contributed by atoms with Crippen molar-refractivity contribution in [2.75, 3.05) is 0 Å². The van der Waals surface area contributed by atoms with Gasteiger partial charge in [-0.2, -0.15) is 5.10 Å². The van der Waals surface area contributed by atoms with Crippen molar-refractivity contribution in [3.05, 3.63) is 52.1 Å². The maximum absolute atomic E-state index is 13.4. The lowest BCUT2D eigenvalue weighted by molar-refractivity contribution is 0.517. The summed E-state index contributed by atoms with van der Waals surface area (Å²) in [5.41, 5.74) is 8.28. The van der Waals surface area contributed by atoms with E-state index in [0.29, 0.717) is 6.42 Å². The Bertz CT molecular complexity index is 633. The third-order valence-electron chi connectivity index (χ3n) is 4.12. The molecule has 0 aliphatic rings. The van der Waals surface area contributed by atoms with Gasteiger partial charge < -0.3 is 0 Å². The monoisotopic (exact) mass is 290 g/mol. The molecule has 1 atom stereocenters. The van der Waals surface area contributed by atoms with Gasteiger partial charge in [0.05, 0.1) is 5.69 Å². The highest BCUT2D eigenvalue weighted by Crippen LogP contribution is 2.18. The molecular weight excluding hydrogens is 267 g/mol. The van der Waals surface area contributed by atoms with Gasteiger partial charge in [0.25, 0.3) is 0 Å². The molecule has 1 unspecified atom stereocenters. The highest BCUT2D eigenvalue weighted by Gasteiger charge is 2.16. The molecule has 2 aromatic rings. The maximum atomic E-state index is 13.4. The van der Waals surface area contributed by atoms with Crippen molar-refractivity contribution >= 4 is 0 Å². The van der Waals surface area contributed by atoms with Gasteiger partial charge in [-0.05, 0) is 62.4 Å². The molecule has 0 aliphatic heterocycles. The molecule has 1 heterocycles. The van der Waals surface area contributed by atoms with Crippen LogP contribution in [0.3, 0.4) is 0 Å². The van der Waals surface area contributed by atoms with E-state index in [-0.39, 0.29) is 11.9 Å². The Morgan fingerprint density at radius 2 is 2.00 bits per heavy atom. The number of hydrogen-bond donors (Lipinski definition) is 2. The molecule has 0 amide bonds. The predicted octanol–water partition coefficient (Wildman–Crippen LogP) is 2.10. The second-order valence-corrected chi connectivity index (χ2v) is 5.62. The van der Waals surface area contributed by atoms with Gasteiger partial charge in [-0.15, -0.1) is 0 Å². The Labute approximate surface area is 125 Å². The number of nitrogens with one attached hydrogen (secondary N) is 1. The molecule has 0 saturated heterocycles. The molecule has 0 aliphatic carbocycles. The van der Waals surface area contributed by atoms with E-state index in [1.165, 1.54) is 11.6 Å². The largest absolute Gasteiger partial charge is 0.272 e. The van der Waals surface area contributed by atoms with E-state index in [1.807, 2.05) is 25.6 Å². The van der Waals surface area contributed by atoms with Gasteiger partial charge in [0.1, 0.15) is 5.82 Å². The molecule has 3 N–H and O–H groups in total. The first-order valence-corrected chi connectivity index (χ1v) is 7.12. The molecule has 4 nitrogen and oxygen atoms in total. The van der Waals surface area contributed by atoms with Gasteiger partial charge in [0.15, 0.2) is 0 Å². The highest BCUT2D eigenvalue weighted by atomic mass is 19.1. The van der Waals surface area contributed by atoms with Crippen LogP contribution in [0.1, 0.15) is 28.1 Å². The van der Waals surface area contributed by atoms with Crippen molar-refractivity contribution in [1.82, 2.24) is 15.2 Å². The van der Waals surface area contributed by atoms with Crippen LogP contribution in [0.25, 0.3) is 0 Å². The fourth-order valence-corrected chi connectivity index (χ4v) is 2.67. The van der Waals surface area contributed by atoms with Crippen molar-refractivity contribution in [2.45, 2.75) is 39.7 Å². The second kappa shape index (κ2) is 6.37. The number of halogens is 1. The van der Waals surface area contributed by atoms with E-state index in [0.717, 1.165) is 28.9 Å². The Morgan fingerprint density at radius 1 is 1.29 bits per heavy atom. The van der Waals surface area contributed by atoms with Crippen molar-refractivity contribution in [3.8, 4) is 0 Å². The van der Waals surface area contributed by atoms with Crippen molar-refractivity contribution in [3.63, 3.8) is 0 Å². The summed E-state index contributed by atoms with van der Waals surface area (Å²) in [6, 6.07) is 4.92. The molecule has 0 spiro atoms. The third-order valence-corrected chi connectivity index (χ3v) is 4.12. The van der Waals surface area contributed by atoms with Crippen LogP contribution in [0, 0.1) is 26.6 Å². The average molecular weight is 290 g/mol. The summed E-state index contributed by atoms with van der Waals surface area (Å²) in [5.74, 6) is 5.48. The van der Waals surface area contributed by atoms with Crippen molar-refractivity contribution < 1.29 is 4.39 Å². The zero-order valence-corrected chi connectivity index (χ0v) is 13.1. The number of nitrogens with zero attached hydrogens (tertiary/aromatic N) is 2. The number of benzene rings is 1. The van der Waals surface area contributed by atoms with Crippen LogP contribution >= 0.6 is 0 Å². The Balaban J connectivity index is 2.19. The molecule has 114 valence electrons. The van der Waals surface area contributed by atoms with E-state index in [2.05, 4.69) is 17.4 Å². The minimum absolute atomic E-state index is 0.0482. The lowest BCUT2D eigenvalue weighted by Gasteiger charge is -2.17. The highest BCUT2D eigenvalue weighted by molar-refractivity contribution is 5.29. The average Bonchev–Trinajstić information content (AvgIpc) is 2.68. The lowest BCUT2D eigenvalue weighted by Crippen LogP contribution is -2.38. The number of rotatable bonds is 5. The van der Waals surface area contributed by atoms with Crippen LogP contribution in [0.4, 0.5) is 4.39 Å². The minimum atomic E-state index is -0.208. The van der Waals surface area contributed by atoms with Crippen molar-refractivity contribution in [1.29, 1.82) is 0 Å². The predicted molar refractivity (Wildman–Crippen MR) is 82.3 cm³/mol. The molecular formula is C16H23FN4. The molecule has 5 heteroatoms. The van der Waals surface area contributed by atoms with Gasteiger partial charge in [-0.3, -0.25) is 16.0 Å². The molecule has 0 saturated carbocycles. The smallest absolute Gasteiger partial charge is 0.123 e. The van der Waals surface area contributed by atoms with Crippen LogP contribution in [0.5, 0.6) is 0 Å². The third kappa shape index (κ3) is 3.49. The van der Waals surface area contributed by atoms with Crippen LogP contribution in [-0.4, -0.2) is 15.8 Å². The zero-order chi connectivity index (χ0) is 15.6. The normalized spacial score (nSPS) is 12.7. The SMILES string of the molecule is Cc1ccc(F)cc1CC(Cc1c(C)nn(C)c1C)NN. The zero-order valence-electron chi connectivity index (χ0n) is 13.1. The summed E-state index contributed by atoms with van der Waals surface area (Å²) in [6.45, 7) is 6.04.